The van der Waals surface area contributed by atoms with Gasteiger partial charge < -0.3 is 9.84 Å². The summed E-state index contributed by atoms with van der Waals surface area (Å²) in [5, 5.41) is 11.2. The first-order chi connectivity index (χ1) is 14.3. The van der Waals surface area contributed by atoms with Gasteiger partial charge in [0, 0.05) is 17.8 Å². The first-order valence-corrected chi connectivity index (χ1v) is 9.55. The number of rotatable bonds is 4. The standard InChI is InChI=1S/C22H20F3N3O2/c1-14-26-12-17-18(6-4-7-19(17)28-14)27-13-21(29,22(23,24)25)11-15-9-10-30-20-8-3-2-5-16(15)20/h2-8,12-13,15,29H,9-11H2,1H3/b27-13-. The van der Waals surface area contributed by atoms with E-state index in [2.05, 4.69) is 15.0 Å². The lowest BCUT2D eigenvalue weighted by Gasteiger charge is -2.33. The number of aryl methyl sites for hydroxylation is 1. The minimum atomic E-state index is -4.89. The van der Waals surface area contributed by atoms with Crippen molar-refractivity contribution in [2.75, 3.05) is 6.61 Å². The van der Waals surface area contributed by atoms with E-state index in [0.717, 1.165) is 0 Å². The second kappa shape index (κ2) is 7.68. The van der Waals surface area contributed by atoms with Crippen LogP contribution in [0.3, 0.4) is 0 Å². The number of aliphatic hydroxyl groups is 1. The molecule has 5 nitrogen and oxygen atoms in total. The second-order valence-corrected chi connectivity index (χ2v) is 7.38. The van der Waals surface area contributed by atoms with Gasteiger partial charge in [-0.1, -0.05) is 24.3 Å². The van der Waals surface area contributed by atoms with Crippen LogP contribution in [-0.2, 0) is 0 Å². The third-order valence-corrected chi connectivity index (χ3v) is 5.27. The monoisotopic (exact) mass is 415 g/mol. The van der Waals surface area contributed by atoms with E-state index in [1.54, 1.807) is 49.4 Å². The summed E-state index contributed by atoms with van der Waals surface area (Å²) in [7, 11) is 0. The number of hydrogen-bond donors (Lipinski definition) is 1. The van der Waals surface area contributed by atoms with Crippen molar-refractivity contribution in [2.45, 2.75) is 37.5 Å². The first kappa shape index (κ1) is 20.3. The number of para-hydroxylation sites is 1. The highest BCUT2D eigenvalue weighted by Crippen LogP contribution is 2.43. The van der Waals surface area contributed by atoms with Gasteiger partial charge in [0.2, 0.25) is 0 Å². The predicted octanol–water partition coefficient (Wildman–Crippen LogP) is 4.89. The summed E-state index contributed by atoms with van der Waals surface area (Å²) < 4.78 is 47.3. The molecule has 2 atom stereocenters. The molecular formula is C22H20F3N3O2. The number of benzene rings is 2. The van der Waals surface area contributed by atoms with Crippen LogP contribution in [-0.4, -0.2) is 39.7 Å². The van der Waals surface area contributed by atoms with Crippen LogP contribution >= 0.6 is 0 Å². The number of hydrogen-bond acceptors (Lipinski definition) is 5. The molecule has 0 saturated carbocycles. The fourth-order valence-corrected chi connectivity index (χ4v) is 3.67. The average Bonchev–Trinajstić information content (AvgIpc) is 2.71. The van der Waals surface area contributed by atoms with Gasteiger partial charge in [-0.2, -0.15) is 13.2 Å². The Labute approximate surface area is 171 Å². The lowest BCUT2D eigenvalue weighted by molar-refractivity contribution is -0.232. The summed E-state index contributed by atoms with van der Waals surface area (Å²) in [6.45, 7) is 2.02. The van der Waals surface area contributed by atoms with Crippen molar-refractivity contribution in [1.29, 1.82) is 0 Å². The molecule has 0 saturated heterocycles. The van der Waals surface area contributed by atoms with Crippen LogP contribution in [0.4, 0.5) is 18.9 Å². The fraction of sp³-hybridized carbons (Fsp3) is 0.318. The van der Waals surface area contributed by atoms with Crippen LogP contribution < -0.4 is 4.74 Å². The molecule has 0 aliphatic carbocycles. The molecule has 2 heterocycles. The summed E-state index contributed by atoms with van der Waals surface area (Å²) in [4.78, 5) is 12.4. The quantitative estimate of drug-likeness (QED) is 0.616. The molecule has 0 radical (unpaired) electrons. The van der Waals surface area contributed by atoms with Gasteiger partial charge in [-0.3, -0.25) is 4.99 Å². The third-order valence-electron chi connectivity index (χ3n) is 5.27. The number of nitrogens with zero attached hydrogens (tertiary/aromatic N) is 3. The molecule has 1 aliphatic rings. The zero-order chi connectivity index (χ0) is 21.4. The van der Waals surface area contributed by atoms with Crippen LogP contribution in [0.5, 0.6) is 5.75 Å². The summed E-state index contributed by atoms with van der Waals surface area (Å²) in [5.74, 6) is 0.594. The maximum atomic E-state index is 13.9. The highest BCUT2D eigenvalue weighted by Gasteiger charge is 2.54. The van der Waals surface area contributed by atoms with Gasteiger partial charge in [0.05, 0.1) is 17.8 Å². The average molecular weight is 415 g/mol. The highest BCUT2D eigenvalue weighted by molar-refractivity contribution is 5.91. The predicted molar refractivity (Wildman–Crippen MR) is 107 cm³/mol. The summed E-state index contributed by atoms with van der Waals surface area (Å²) in [6, 6.07) is 11.9. The van der Waals surface area contributed by atoms with Gasteiger partial charge in [-0.05, 0) is 49.4 Å². The molecule has 1 aliphatic heterocycles. The first-order valence-electron chi connectivity index (χ1n) is 9.55. The van der Waals surface area contributed by atoms with Crippen molar-refractivity contribution in [2.24, 2.45) is 4.99 Å². The maximum absolute atomic E-state index is 13.9. The normalized spacial score (nSPS) is 18.8. The van der Waals surface area contributed by atoms with Crippen molar-refractivity contribution in [1.82, 2.24) is 9.97 Å². The van der Waals surface area contributed by atoms with Crippen molar-refractivity contribution < 1.29 is 23.0 Å². The van der Waals surface area contributed by atoms with Crippen LogP contribution in [0, 0.1) is 6.92 Å². The Balaban J connectivity index is 1.69. The number of alkyl halides is 3. The molecule has 3 aromatic rings. The zero-order valence-electron chi connectivity index (χ0n) is 16.2. The Bertz CT molecular complexity index is 1100. The van der Waals surface area contributed by atoms with Crippen LogP contribution in [0.2, 0.25) is 0 Å². The van der Waals surface area contributed by atoms with Crippen LogP contribution in [0.1, 0.15) is 30.1 Å². The smallest absolute Gasteiger partial charge is 0.422 e. The van der Waals surface area contributed by atoms with E-state index in [1.165, 1.54) is 6.20 Å². The molecule has 2 unspecified atom stereocenters. The van der Waals surface area contributed by atoms with Crippen molar-refractivity contribution in [3.05, 3.63) is 60.0 Å². The molecule has 156 valence electrons. The lowest BCUT2D eigenvalue weighted by Crippen LogP contribution is -2.48. The molecule has 0 spiro atoms. The summed E-state index contributed by atoms with van der Waals surface area (Å²) >= 11 is 0. The molecule has 0 fully saturated rings. The van der Waals surface area contributed by atoms with Crippen molar-refractivity contribution >= 4 is 22.8 Å². The number of aliphatic imine (C=N–C) groups is 1. The SMILES string of the molecule is Cc1ncc2c(/N=C\C(O)(CC3CCOc4ccccc43)C(F)(F)F)cccc2n1. The maximum Gasteiger partial charge on any atom is 0.422 e. The van der Waals surface area contributed by atoms with Gasteiger partial charge in [0.25, 0.3) is 0 Å². The summed E-state index contributed by atoms with van der Waals surface area (Å²) in [6.07, 6.45) is -2.93. The molecule has 8 heteroatoms. The zero-order valence-corrected chi connectivity index (χ0v) is 16.2. The number of aromatic nitrogens is 2. The van der Waals surface area contributed by atoms with E-state index < -0.39 is 24.1 Å². The topological polar surface area (TPSA) is 67.6 Å². The molecule has 0 bridgehead atoms. The third kappa shape index (κ3) is 3.87. The highest BCUT2D eigenvalue weighted by atomic mass is 19.4. The largest absolute Gasteiger partial charge is 0.493 e. The Morgan fingerprint density at radius 3 is 2.80 bits per heavy atom. The Morgan fingerprint density at radius 1 is 1.20 bits per heavy atom. The Kier molecular flexibility index (Phi) is 5.19. The van der Waals surface area contributed by atoms with E-state index in [-0.39, 0.29) is 5.69 Å². The van der Waals surface area contributed by atoms with Crippen molar-refractivity contribution in [3.8, 4) is 5.75 Å². The van der Waals surface area contributed by atoms with Crippen molar-refractivity contribution in [3.63, 3.8) is 0 Å². The molecule has 1 aromatic heterocycles. The molecule has 2 aromatic carbocycles. The number of fused-ring (bicyclic) bond motifs is 2. The minimum absolute atomic E-state index is 0.266. The van der Waals surface area contributed by atoms with E-state index in [9.17, 15) is 18.3 Å². The van der Waals surface area contributed by atoms with Gasteiger partial charge in [-0.25, -0.2) is 9.97 Å². The summed E-state index contributed by atoms with van der Waals surface area (Å²) in [5.41, 5.74) is -1.59. The van der Waals surface area contributed by atoms with E-state index >= 15 is 0 Å². The van der Waals surface area contributed by atoms with E-state index in [1.807, 2.05) is 0 Å². The Hall–Kier alpha value is -3.00. The Morgan fingerprint density at radius 2 is 2.00 bits per heavy atom. The molecule has 1 N–H and O–H groups in total. The van der Waals surface area contributed by atoms with Gasteiger partial charge in [0.1, 0.15) is 11.6 Å². The second-order valence-electron chi connectivity index (χ2n) is 7.38. The molecular weight excluding hydrogens is 395 g/mol. The fourth-order valence-electron chi connectivity index (χ4n) is 3.67. The van der Waals surface area contributed by atoms with Crippen LogP contribution in [0.15, 0.2) is 53.7 Å². The lowest BCUT2D eigenvalue weighted by atomic mass is 9.82. The van der Waals surface area contributed by atoms with Gasteiger partial charge in [0.15, 0.2) is 5.60 Å². The van der Waals surface area contributed by atoms with E-state index in [0.29, 0.717) is 47.3 Å². The molecule has 30 heavy (non-hydrogen) atoms. The number of halogens is 3. The molecule has 0 amide bonds. The minimum Gasteiger partial charge on any atom is -0.493 e. The number of ether oxygens (including phenoxy) is 1. The van der Waals surface area contributed by atoms with Gasteiger partial charge >= 0.3 is 6.18 Å². The van der Waals surface area contributed by atoms with Gasteiger partial charge in [-0.15, -0.1) is 0 Å². The van der Waals surface area contributed by atoms with Crippen LogP contribution in [0.25, 0.3) is 10.9 Å². The molecule has 4 rings (SSSR count). The van der Waals surface area contributed by atoms with E-state index in [4.69, 9.17) is 4.74 Å².